The van der Waals surface area contributed by atoms with Gasteiger partial charge in [0, 0.05) is 44.5 Å². The van der Waals surface area contributed by atoms with Crippen LogP contribution in [-0.2, 0) is 10.0 Å². The Hall–Kier alpha value is -1.14. The van der Waals surface area contributed by atoms with Gasteiger partial charge in [0.25, 0.3) is 0 Å². The van der Waals surface area contributed by atoms with Gasteiger partial charge in [0.1, 0.15) is 5.82 Å². The molecule has 2 aliphatic heterocycles. The first-order valence-electron chi connectivity index (χ1n) is 9.37. The molecule has 1 aromatic rings. The summed E-state index contributed by atoms with van der Waals surface area (Å²) in [5.74, 6) is 0.229. The normalized spacial score (nSPS) is 22.1. The Morgan fingerprint density at radius 3 is 2.39 bits per heavy atom. The monoisotopic (exact) mass is 525 g/mol. The van der Waals surface area contributed by atoms with Crippen molar-refractivity contribution in [3.63, 3.8) is 0 Å². The zero-order valence-electron chi connectivity index (χ0n) is 16.1. The highest BCUT2D eigenvalue weighted by molar-refractivity contribution is 14.0. The van der Waals surface area contributed by atoms with Gasteiger partial charge in [-0.15, -0.1) is 24.0 Å². The first-order valence-corrected chi connectivity index (χ1v) is 11.2. The number of halogens is 2. The fourth-order valence-corrected chi connectivity index (χ4v) is 4.91. The van der Waals surface area contributed by atoms with E-state index in [0.717, 1.165) is 51.1 Å². The number of hydrogen-bond donors (Lipinski definition) is 1. The highest BCUT2D eigenvalue weighted by Crippen LogP contribution is 2.20. The van der Waals surface area contributed by atoms with Gasteiger partial charge in [-0.05, 0) is 37.1 Å². The second-order valence-electron chi connectivity index (χ2n) is 7.17. The second kappa shape index (κ2) is 10.1. The van der Waals surface area contributed by atoms with Crippen molar-refractivity contribution >= 4 is 45.6 Å². The van der Waals surface area contributed by atoms with Gasteiger partial charge in [0.2, 0.25) is 10.0 Å². The van der Waals surface area contributed by atoms with Crippen molar-refractivity contribution in [2.24, 2.45) is 10.7 Å². The standard InChI is InChI=1S/C18H28FN5O2S.HI/c1-27(25,26)24-9-3-2-4-17(24)14-21-18(20)23-12-10-22(11-13-23)16-7-5-15(19)6-8-16;/h5-8,17H,2-4,9-14H2,1H3,(H2,20,21);1H. The molecule has 2 fully saturated rings. The van der Waals surface area contributed by atoms with E-state index in [1.807, 2.05) is 4.90 Å². The van der Waals surface area contributed by atoms with Crippen LogP contribution < -0.4 is 10.6 Å². The third-order valence-corrected chi connectivity index (χ3v) is 6.59. The van der Waals surface area contributed by atoms with Crippen LogP contribution in [0, 0.1) is 5.82 Å². The lowest BCUT2D eigenvalue weighted by molar-refractivity contribution is 0.258. The van der Waals surface area contributed by atoms with Crippen LogP contribution in [0.15, 0.2) is 29.3 Å². The summed E-state index contributed by atoms with van der Waals surface area (Å²) in [6, 6.07) is 6.40. The average molecular weight is 525 g/mol. The quantitative estimate of drug-likeness (QED) is 0.368. The minimum Gasteiger partial charge on any atom is -0.370 e. The molecule has 0 aromatic heterocycles. The predicted molar refractivity (Wildman–Crippen MR) is 121 cm³/mol. The largest absolute Gasteiger partial charge is 0.370 e. The van der Waals surface area contributed by atoms with Crippen LogP contribution in [0.2, 0.25) is 0 Å². The fraction of sp³-hybridized carbons (Fsp3) is 0.611. The molecule has 7 nitrogen and oxygen atoms in total. The molecule has 0 aliphatic carbocycles. The number of benzene rings is 1. The summed E-state index contributed by atoms with van der Waals surface area (Å²) >= 11 is 0. The number of piperazine rings is 1. The molecule has 1 atom stereocenters. The molecule has 2 saturated heterocycles. The number of piperidine rings is 1. The second-order valence-corrected chi connectivity index (χ2v) is 9.11. The molecule has 2 aliphatic rings. The molecule has 10 heteroatoms. The first kappa shape index (κ1) is 23.1. The molecule has 2 N–H and O–H groups in total. The Kier molecular flexibility index (Phi) is 8.31. The molecule has 1 unspecified atom stereocenters. The number of aliphatic imine (C=N–C) groups is 1. The highest BCUT2D eigenvalue weighted by atomic mass is 127. The number of hydrogen-bond acceptors (Lipinski definition) is 4. The van der Waals surface area contributed by atoms with E-state index in [4.69, 9.17) is 5.73 Å². The minimum absolute atomic E-state index is 0. The lowest BCUT2D eigenvalue weighted by Crippen LogP contribution is -2.51. The van der Waals surface area contributed by atoms with E-state index in [9.17, 15) is 12.8 Å². The van der Waals surface area contributed by atoms with E-state index in [-0.39, 0.29) is 35.8 Å². The molecule has 0 radical (unpaired) electrons. The van der Waals surface area contributed by atoms with E-state index in [0.29, 0.717) is 19.0 Å². The summed E-state index contributed by atoms with van der Waals surface area (Å²) in [6.07, 6.45) is 3.99. The molecular formula is C18H29FIN5O2S. The Labute approximate surface area is 183 Å². The maximum atomic E-state index is 13.1. The minimum atomic E-state index is -3.21. The molecule has 0 spiro atoms. The van der Waals surface area contributed by atoms with Gasteiger partial charge in [-0.25, -0.2) is 12.8 Å². The van der Waals surface area contributed by atoms with Crippen molar-refractivity contribution < 1.29 is 12.8 Å². The Morgan fingerprint density at radius 1 is 1.14 bits per heavy atom. The fourth-order valence-electron chi connectivity index (χ4n) is 3.74. The van der Waals surface area contributed by atoms with Crippen LogP contribution >= 0.6 is 24.0 Å². The number of rotatable bonds is 4. The Morgan fingerprint density at radius 2 is 1.79 bits per heavy atom. The topological polar surface area (TPSA) is 82.2 Å². The Balaban J connectivity index is 0.00000280. The SMILES string of the molecule is CS(=O)(=O)N1CCCCC1CN=C(N)N1CCN(c2ccc(F)cc2)CC1.I. The average Bonchev–Trinajstić information content (AvgIpc) is 2.66. The third kappa shape index (κ3) is 5.93. The van der Waals surface area contributed by atoms with Crippen molar-refractivity contribution in [3.05, 3.63) is 30.1 Å². The van der Waals surface area contributed by atoms with Crippen molar-refractivity contribution in [2.45, 2.75) is 25.3 Å². The van der Waals surface area contributed by atoms with Gasteiger partial charge in [-0.1, -0.05) is 6.42 Å². The molecule has 0 bridgehead atoms. The molecule has 158 valence electrons. The van der Waals surface area contributed by atoms with Crippen LogP contribution in [0.1, 0.15) is 19.3 Å². The van der Waals surface area contributed by atoms with Crippen molar-refractivity contribution in [3.8, 4) is 0 Å². The van der Waals surface area contributed by atoms with Crippen molar-refractivity contribution in [1.82, 2.24) is 9.21 Å². The van der Waals surface area contributed by atoms with E-state index >= 15 is 0 Å². The zero-order chi connectivity index (χ0) is 19.4. The van der Waals surface area contributed by atoms with E-state index in [1.54, 1.807) is 16.4 Å². The van der Waals surface area contributed by atoms with Gasteiger partial charge in [0.15, 0.2) is 5.96 Å². The summed E-state index contributed by atoms with van der Waals surface area (Å²) in [6.45, 7) is 3.98. The van der Waals surface area contributed by atoms with Crippen molar-refractivity contribution in [2.75, 3.05) is 50.4 Å². The number of anilines is 1. The van der Waals surface area contributed by atoms with Crippen LogP contribution in [0.4, 0.5) is 10.1 Å². The summed E-state index contributed by atoms with van der Waals surface area (Å²) in [5, 5.41) is 0. The summed E-state index contributed by atoms with van der Waals surface area (Å²) in [5.41, 5.74) is 7.16. The van der Waals surface area contributed by atoms with Crippen LogP contribution in [-0.4, -0.2) is 75.1 Å². The van der Waals surface area contributed by atoms with Crippen LogP contribution in [0.3, 0.4) is 0 Å². The maximum Gasteiger partial charge on any atom is 0.211 e. The van der Waals surface area contributed by atoms with Gasteiger partial charge in [-0.3, -0.25) is 4.99 Å². The number of nitrogens with zero attached hydrogens (tertiary/aromatic N) is 4. The number of sulfonamides is 1. The van der Waals surface area contributed by atoms with E-state index in [2.05, 4.69) is 9.89 Å². The number of nitrogens with two attached hydrogens (primary N) is 1. The molecule has 0 amide bonds. The molecule has 2 heterocycles. The van der Waals surface area contributed by atoms with Gasteiger partial charge in [0.05, 0.1) is 12.8 Å². The number of guanidine groups is 1. The first-order chi connectivity index (χ1) is 12.8. The van der Waals surface area contributed by atoms with Gasteiger partial charge in [-0.2, -0.15) is 4.31 Å². The van der Waals surface area contributed by atoms with Crippen LogP contribution in [0.5, 0.6) is 0 Å². The van der Waals surface area contributed by atoms with Gasteiger partial charge >= 0.3 is 0 Å². The summed E-state index contributed by atoms with van der Waals surface area (Å²) in [4.78, 5) is 8.70. The van der Waals surface area contributed by atoms with Crippen LogP contribution in [0.25, 0.3) is 0 Å². The predicted octanol–water partition coefficient (Wildman–Crippen LogP) is 1.69. The summed E-state index contributed by atoms with van der Waals surface area (Å²) < 4.78 is 38.5. The van der Waals surface area contributed by atoms with E-state index in [1.165, 1.54) is 18.4 Å². The highest BCUT2D eigenvalue weighted by Gasteiger charge is 2.29. The zero-order valence-corrected chi connectivity index (χ0v) is 19.3. The van der Waals surface area contributed by atoms with E-state index < -0.39 is 10.0 Å². The lowest BCUT2D eigenvalue weighted by atomic mass is 10.1. The third-order valence-electron chi connectivity index (χ3n) is 5.26. The summed E-state index contributed by atoms with van der Waals surface area (Å²) in [7, 11) is -3.21. The lowest BCUT2D eigenvalue weighted by Gasteiger charge is -2.37. The smallest absolute Gasteiger partial charge is 0.211 e. The molecule has 28 heavy (non-hydrogen) atoms. The molecule has 3 rings (SSSR count). The van der Waals surface area contributed by atoms with Gasteiger partial charge < -0.3 is 15.5 Å². The Bertz CT molecular complexity index is 767. The molecule has 1 aromatic carbocycles. The van der Waals surface area contributed by atoms with Crippen molar-refractivity contribution in [1.29, 1.82) is 0 Å². The maximum absolute atomic E-state index is 13.1. The molecular weight excluding hydrogens is 496 g/mol. The molecule has 0 saturated carbocycles.